The molecular formula is C65H108N20O13S. The third kappa shape index (κ3) is 29.6. The zero-order valence-electron chi connectivity index (χ0n) is 58.4. The van der Waals surface area contributed by atoms with E-state index >= 15 is 0 Å². The van der Waals surface area contributed by atoms with Gasteiger partial charge in [-0.3, -0.25) is 62.5 Å². The van der Waals surface area contributed by atoms with Crippen molar-refractivity contribution in [1.29, 1.82) is 0 Å². The molecule has 0 saturated carbocycles. The molecule has 3 rings (SSSR count). The molecule has 0 aliphatic rings. The molecule has 34 heteroatoms. The van der Waals surface area contributed by atoms with E-state index in [9.17, 15) is 62.6 Å². The number of carbonyl (C=O) groups excluding carboxylic acids is 12. The monoisotopic (exact) mass is 1410 g/mol. The van der Waals surface area contributed by atoms with E-state index in [0.717, 1.165) is 10.9 Å². The second-order valence-corrected chi connectivity index (χ2v) is 26.5. The molecular weight excluding hydrogens is 1300 g/mol. The number of benzene rings is 1. The number of nitrogens with two attached hydrogens (primary N) is 5. The highest BCUT2D eigenvalue weighted by molar-refractivity contribution is 7.98. The van der Waals surface area contributed by atoms with Crippen LogP contribution in [0.4, 0.5) is 0 Å². The molecule has 33 nitrogen and oxygen atoms in total. The molecule has 0 saturated heterocycles. The molecule has 0 fully saturated rings. The summed E-state index contributed by atoms with van der Waals surface area (Å²) in [6.45, 7) is 12.6. The fraction of sp³-hybridized carbons (Fsp3) is 0.631. The minimum Gasteiger partial charge on any atom is -0.394 e. The highest BCUT2D eigenvalue weighted by atomic mass is 32.2. The number of para-hydroxylation sites is 1. The lowest BCUT2D eigenvalue weighted by Gasteiger charge is -2.29. The summed E-state index contributed by atoms with van der Waals surface area (Å²) in [5, 5.41) is 40.6. The number of guanidine groups is 1. The van der Waals surface area contributed by atoms with Crippen molar-refractivity contribution in [3.8, 4) is 0 Å². The van der Waals surface area contributed by atoms with Crippen LogP contribution in [-0.4, -0.2) is 202 Å². The van der Waals surface area contributed by atoms with Gasteiger partial charge >= 0.3 is 0 Å². The van der Waals surface area contributed by atoms with Gasteiger partial charge in [-0.25, -0.2) is 4.98 Å². The van der Waals surface area contributed by atoms with E-state index in [1.165, 1.54) is 24.3 Å². The average molecular weight is 1410 g/mol. The van der Waals surface area contributed by atoms with Crippen LogP contribution in [-0.2, 0) is 70.4 Å². The molecule has 2 heterocycles. The number of thioether (sulfide) groups is 1. The van der Waals surface area contributed by atoms with Crippen molar-refractivity contribution < 1.29 is 62.6 Å². The van der Waals surface area contributed by atoms with Gasteiger partial charge in [0.05, 0.1) is 26.0 Å². The number of nitrogens with one attached hydrogen (secondary N) is 13. The maximum absolute atomic E-state index is 14.5. The Labute approximate surface area is 582 Å². The minimum absolute atomic E-state index is 0.00858. The molecule has 0 aliphatic heterocycles. The SMILES string of the molecule is CC[C@H](C)[C@H](NC(=O)[C@H](CC(C)C)NC(=O)[C@H](Cc1cnc[nH]1)NC(=O)CNC(=O)[C@H](CC(C)C)NC(=O)[C@@H](NC(=O)[C@H](CCCCN)NC(=O)[C@H](CO)NC(=O)[C@H](Cc1c[nH]c2ccccc12)NC(=O)[C@H](CCSC)NC(=O)CN)[C@@H](C)CC)C(=O)N[C@@H](CCCN=C(N)N)C(N)=O. The van der Waals surface area contributed by atoms with E-state index < -0.39 is 163 Å². The number of aromatic amines is 2. The Morgan fingerprint density at radius 2 is 1.05 bits per heavy atom. The zero-order valence-corrected chi connectivity index (χ0v) is 59.2. The molecule has 1 aromatic carbocycles. The maximum atomic E-state index is 14.5. The van der Waals surface area contributed by atoms with Gasteiger partial charge < -0.3 is 102 Å². The van der Waals surface area contributed by atoms with Gasteiger partial charge in [0.2, 0.25) is 70.9 Å². The van der Waals surface area contributed by atoms with Gasteiger partial charge in [-0.2, -0.15) is 11.8 Å². The molecule has 0 bridgehead atoms. The number of carbonyl (C=O) groups is 12. The normalized spacial score (nSPS) is 14.9. The molecule has 3 aromatic rings. The molecule has 12 amide bonds. The predicted octanol–water partition coefficient (Wildman–Crippen LogP) is -2.80. The van der Waals surface area contributed by atoms with Crippen molar-refractivity contribution in [3.05, 3.63) is 54.2 Å². The first kappa shape index (κ1) is 84.3. The highest BCUT2D eigenvalue weighted by Crippen LogP contribution is 2.21. The summed E-state index contributed by atoms with van der Waals surface area (Å²) in [5.41, 5.74) is 29.6. The summed E-state index contributed by atoms with van der Waals surface area (Å²) in [6.07, 6.45) is 8.25. The Morgan fingerprint density at radius 3 is 1.60 bits per heavy atom. The third-order valence-corrected chi connectivity index (χ3v) is 17.1. The summed E-state index contributed by atoms with van der Waals surface area (Å²) in [6, 6.07) is -5.73. The number of aliphatic hydroxyl groups is 1. The van der Waals surface area contributed by atoms with Gasteiger partial charge in [0.25, 0.3) is 0 Å². The molecule has 552 valence electrons. The number of aliphatic hydroxyl groups excluding tert-OH is 1. The summed E-state index contributed by atoms with van der Waals surface area (Å²) in [4.78, 5) is 180. The first-order valence-electron chi connectivity index (χ1n) is 33.7. The lowest BCUT2D eigenvalue weighted by Crippen LogP contribution is -2.61. The number of nitrogens with zero attached hydrogens (tertiary/aromatic N) is 2. The first-order chi connectivity index (χ1) is 47.0. The lowest BCUT2D eigenvalue weighted by molar-refractivity contribution is -0.136. The lowest BCUT2D eigenvalue weighted by atomic mass is 9.96. The number of unbranched alkanes of at least 4 members (excludes halogenated alkanes) is 1. The number of imidazole rings is 1. The summed E-state index contributed by atoms with van der Waals surface area (Å²) < 4.78 is 0. The smallest absolute Gasteiger partial charge is 0.245 e. The Bertz CT molecular complexity index is 3140. The second-order valence-electron chi connectivity index (χ2n) is 25.5. The van der Waals surface area contributed by atoms with Crippen molar-refractivity contribution >= 4 is 99.5 Å². The number of aliphatic imine (C=N–C) groups is 1. The van der Waals surface area contributed by atoms with Gasteiger partial charge in [0.15, 0.2) is 5.96 Å². The second kappa shape index (κ2) is 44.2. The van der Waals surface area contributed by atoms with E-state index in [1.807, 2.05) is 38.3 Å². The summed E-state index contributed by atoms with van der Waals surface area (Å²) >= 11 is 1.43. The Balaban J connectivity index is 1.84. The molecule has 99 heavy (non-hydrogen) atoms. The van der Waals surface area contributed by atoms with Crippen LogP contribution in [0.3, 0.4) is 0 Å². The number of primary amides is 1. The van der Waals surface area contributed by atoms with E-state index in [4.69, 9.17) is 28.7 Å². The van der Waals surface area contributed by atoms with Crippen molar-refractivity contribution in [3.63, 3.8) is 0 Å². The van der Waals surface area contributed by atoms with Gasteiger partial charge in [0, 0.05) is 48.4 Å². The predicted molar refractivity (Wildman–Crippen MR) is 376 cm³/mol. The minimum atomic E-state index is -1.68. The Kier molecular flexibility index (Phi) is 37.7. The van der Waals surface area contributed by atoms with Crippen LogP contribution in [0.5, 0.6) is 0 Å². The van der Waals surface area contributed by atoms with Gasteiger partial charge in [-0.1, -0.05) is 86.4 Å². The summed E-state index contributed by atoms with van der Waals surface area (Å²) in [5.74, 6) is -10.6. The van der Waals surface area contributed by atoms with Crippen LogP contribution in [0.2, 0.25) is 0 Å². The number of amides is 12. The highest BCUT2D eigenvalue weighted by Gasteiger charge is 2.37. The van der Waals surface area contributed by atoms with Crippen molar-refractivity contribution in [2.24, 2.45) is 57.3 Å². The van der Waals surface area contributed by atoms with Crippen LogP contribution in [0.1, 0.15) is 131 Å². The number of hydrogen-bond acceptors (Lipinski definition) is 18. The molecule has 24 N–H and O–H groups in total. The third-order valence-electron chi connectivity index (χ3n) is 16.5. The average Bonchev–Trinajstić information content (AvgIpc) is 1.74. The van der Waals surface area contributed by atoms with Crippen LogP contribution >= 0.6 is 11.8 Å². The van der Waals surface area contributed by atoms with Crippen LogP contribution < -0.4 is 87.2 Å². The summed E-state index contributed by atoms with van der Waals surface area (Å²) in [7, 11) is 0. The number of hydrogen-bond donors (Lipinski definition) is 19. The number of fused-ring (bicyclic) bond motifs is 1. The molecule has 0 spiro atoms. The van der Waals surface area contributed by atoms with Crippen LogP contribution in [0.15, 0.2) is 48.0 Å². The van der Waals surface area contributed by atoms with Crippen molar-refractivity contribution in [1.82, 2.24) is 73.4 Å². The van der Waals surface area contributed by atoms with E-state index in [0.29, 0.717) is 49.1 Å². The Hall–Kier alpha value is -8.89. The first-order valence-corrected chi connectivity index (χ1v) is 35.1. The zero-order chi connectivity index (χ0) is 73.9. The maximum Gasteiger partial charge on any atom is 0.245 e. The number of aromatic nitrogens is 3. The molecule has 0 radical (unpaired) electrons. The topological polar surface area (TPSA) is 544 Å². The van der Waals surface area contributed by atoms with E-state index in [2.05, 4.69) is 78.4 Å². The van der Waals surface area contributed by atoms with Crippen molar-refractivity contribution in [2.45, 2.75) is 193 Å². The fourth-order valence-electron chi connectivity index (χ4n) is 10.5. The van der Waals surface area contributed by atoms with Gasteiger partial charge in [-0.15, -0.1) is 0 Å². The molecule has 0 unspecified atom stereocenters. The van der Waals surface area contributed by atoms with Crippen molar-refractivity contribution in [2.75, 3.05) is 44.8 Å². The molecule has 0 aliphatic carbocycles. The van der Waals surface area contributed by atoms with Crippen LogP contribution in [0.25, 0.3) is 10.9 Å². The quantitative estimate of drug-likeness (QED) is 0.0154. The number of rotatable bonds is 47. The van der Waals surface area contributed by atoms with Crippen LogP contribution in [0, 0.1) is 23.7 Å². The largest absolute Gasteiger partial charge is 0.394 e. The Morgan fingerprint density at radius 1 is 0.556 bits per heavy atom. The number of H-pyrrole nitrogens is 2. The van der Waals surface area contributed by atoms with Gasteiger partial charge in [0.1, 0.15) is 60.4 Å². The molecule has 2 aromatic heterocycles. The molecule has 12 atom stereocenters. The van der Waals surface area contributed by atoms with E-state index in [1.54, 1.807) is 53.8 Å². The van der Waals surface area contributed by atoms with E-state index in [-0.39, 0.29) is 75.8 Å². The standard InChI is InChI=1S/C65H108N20O13S/c1-10-37(7)53(63(97)78-43(55(68)89)20-16-23-72-65(69)70)85-61(95)47(26-36(5)6)80-60(94)49(28-40-31-71-34-75-40)77-52(88)32-74-56(90)46(25-35(3)4)82-64(98)54(38(8)11-2)84-58(92)44(19-14-15-22-66)79-62(96)50(33-86)83-59(93)48(27-39-30-73-42-18-13-12-17-41(39)42)81-57(91)45(21-24-99-9)76-51(87)29-67/h12-13,17-18,30-31,34-38,43-50,53-54,73,86H,10-11,14-16,19-29,32-33,66-67H2,1-9H3,(H2,68,89)(H,71,75)(H,74,90)(H,76,87)(H,77,88)(H,78,97)(H,79,96)(H,80,94)(H,81,91)(H,82,98)(H,83,93)(H,84,92)(H,85,95)(H4,69,70,72)/t37-,38-,43-,44-,45-,46-,47-,48-,49-,50-,53-,54-/m0/s1. The fourth-order valence-corrected chi connectivity index (χ4v) is 11.0. The van der Waals surface area contributed by atoms with Gasteiger partial charge in [-0.05, 0) is 105 Å².